The standard InChI is InChI=1S/C51H31N3O2/c1-4-13-32(14-5-1)33-25-27-36(28-26-33)49-52-50(37-29-30-42-45(31-37)55-44-24-12-19-38(46(42)44)34-15-6-2-7-16-34)54-51(53-49)43-23-11-22-41-40-21-10-20-39(47(40)56-48(41)43)35-17-8-3-9-18-35/h1-31H/i2D,6D,7D,12D,15D,16D,19D,24D,29D,30D,31D. The Kier molecular flexibility index (Phi) is 5.25. The van der Waals surface area contributed by atoms with E-state index in [0.29, 0.717) is 22.3 Å². The highest BCUT2D eigenvalue weighted by Gasteiger charge is 2.20. The molecule has 0 unspecified atom stereocenters. The van der Waals surface area contributed by atoms with Crippen LogP contribution in [-0.2, 0) is 0 Å². The first kappa shape index (κ1) is 22.6. The van der Waals surface area contributed by atoms with Gasteiger partial charge in [-0.05, 0) is 52.0 Å². The molecule has 0 saturated carbocycles. The second-order valence-electron chi connectivity index (χ2n) is 13.1. The van der Waals surface area contributed by atoms with Gasteiger partial charge in [-0.15, -0.1) is 0 Å². The number of fused-ring (bicyclic) bond motifs is 6. The van der Waals surface area contributed by atoms with E-state index in [9.17, 15) is 4.11 Å². The molecule has 0 aliphatic heterocycles. The molecule has 5 heteroatoms. The maximum absolute atomic E-state index is 9.63. The molecule has 262 valence electrons. The number of benzene rings is 8. The molecule has 0 amide bonds. The molecule has 0 aliphatic carbocycles. The molecule has 3 heterocycles. The van der Waals surface area contributed by atoms with E-state index in [1.807, 2.05) is 121 Å². The lowest BCUT2D eigenvalue weighted by atomic mass is 9.99. The van der Waals surface area contributed by atoms with Gasteiger partial charge in [0.25, 0.3) is 0 Å². The number of para-hydroxylation sites is 2. The zero-order valence-corrected chi connectivity index (χ0v) is 29.2. The van der Waals surface area contributed by atoms with Crippen LogP contribution in [0.1, 0.15) is 15.1 Å². The quantitative estimate of drug-likeness (QED) is 0.171. The molecule has 3 aromatic heterocycles. The normalized spacial score (nSPS) is 14.3. The van der Waals surface area contributed by atoms with Crippen LogP contribution >= 0.6 is 0 Å². The monoisotopic (exact) mass is 728 g/mol. The first-order chi connectivity index (χ1) is 32.3. The second kappa shape index (κ2) is 13.0. The van der Waals surface area contributed by atoms with Crippen LogP contribution in [0.3, 0.4) is 0 Å². The summed E-state index contributed by atoms with van der Waals surface area (Å²) in [6.45, 7) is 0. The number of nitrogens with zero attached hydrogens (tertiary/aromatic N) is 3. The molecule has 0 spiro atoms. The Morgan fingerprint density at radius 2 is 0.982 bits per heavy atom. The summed E-state index contributed by atoms with van der Waals surface area (Å²) in [5.74, 6) is 0.167. The maximum atomic E-state index is 9.63. The van der Waals surface area contributed by atoms with Crippen LogP contribution in [0.2, 0.25) is 0 Å². The minimum absolute atomic E-state index is 0.141. The Hall–Kier alpha value is -7.63. The van der Waals surface area contributed by atoms with Gasteiger partial charge in [-0.1, -0.05) is 164 Å². The van der Waals surface area contributed by atoms with E-state index in [-0.39, 0.29) is 50.5 Å². The van der Waals surface area contributed by atoms with E-state index in [0.717, 1.165) is 33.0 Å². The van der Waals surface area contributed by atoms with Gasteiger partial charge in [0.1, 0.15) is 22.3 Å². The molecule has 0 saturated heterocycles. The Labute approximate surface area is 337 Å². The molecule has 11 rings (SSSR count). The first-order valence-corrected chi connectivity index (χ1v) is 17.8. The molecule has 0 radical (unpaired) electrons. The molecular weight excluding hydrogens is 687 g/mol. The molecule has 0 aliphatic rings. The molecule has 11 aromatic rings. The minimum atomic E-state index is -0.695. The smallest absolute Gasteiger partial charge is 0.167 e. The van der Waals surface area contributed by atoms with Gasteiger partial charge in [-0.25, -0.2) is 15.0 Å². The Morgan fingerprint density at radius 3 is 1.73 bits per heavy atom. The predicted molar refractivity (Wildman–Crippen MR) is 227 cm³/mol. The fourth-order valence-electron chi connectivity index (χ4n) is 7.14. The van der Waals surface area contributed by atoms with Crippen molar-refractivity contribution in [2.75, 3.05) is 0 Å². The van der Waals surface area contributed by atoms with Crippen molar-refractivity contribution in [3.63, 3.8) is 0 Å². The van der Waals surface area contributed by atoms with Gasteiger partial charge in [0, 0.05) is 38.2 Å². The van der Waals surface area contributed by atoms with Crippen LogP contribution in [-0.4, -0.2) is 15.0 Å². The molecule has 0 atom stereocenters. The summed E-state index contributed by atoms with van der Waals surface area (Å²) in [4.78, 5) is 14.7. The van der Waals surface area contributed by atoms with Gasteiger partial charge < -0.3 is 8.83 Å². The summed E-state index contributed by atoms with van der Waals surface area (Å²) >= 11 is 0. The Morgan fingerprint density at radius 1 is 0.357 bits per heavy atom. The van der Waals surface area contributed by atoms with Crippen LogP contribution in [0.5, 0.6) is 0 Å². The van der Waals surface area contributed by atoms with E-state index in [4.69, 9.17) is 34.8 Å². The molecular formula is C51H31N3O2. The number of hydrogen-bond donors (Lipinski definition) is 0. The van der Waals surface area contributed by atoms with Crippen molar-refractivity contribution < 1.29 is 23.9 Å². The average Bonchev–Trinajstić information content (AvgIpc) is 3.96. The van der Waals surface area contributed by atoms with Gasteiger partial charge in [0.05, 0.1) is 20.6 Å². The van der Waals surface area contributed by atoms with Crippen molar-refractivity contribution in [3.05, 3.63) is 188 Å². The SMILES string of the molecule is [2H]c1c([2H])c([2H])c(-c2c([2H])c([2H])c([2H])c3oc4c([2H])c(-c5nc(-c6ccc(-c7ccccc7)cc6)nc(-c6cccc7c6oc6c(-c8ccccc8)cccc67)n5)c([2H])c([2H])c4c23)c([2H])c1[2H]. The van der Waals surface area contributed by atoms with Crippen LogP contribution in [0.4, 0.5) is 0 Å². The topological polar surface area (TPSA) is 65.0 Å². The second-order valence-corrected chi connectivity index (χ2v) is 13.1. The minimum Gasteiger partial charge on any atom is -0.456 e. The fraction of sp³-hybridized carbons (Fsp3) is 0. The third-order valence-corrected chi connectivity index (χ3v) is 9.78. The molecule has 8 aromatic carbocycles. The number of hydrogen-bond acceptors (Lipinski definition) is 5. The van der Waals surface area contributed by atoms with Crippen molar-refractivity contribution in [2.45, 2.75) is 0 Å². The van der Waals surface area contributed by atoms with Gasteiger partial charge in [0.2, 0.25) is 0 Å². The lowest BCUT2D eigenvalue weighted by molar-refractivity contribution is 0.669. The summed E-state index contributed by atoms with van der Waals surface area (Å²) in [5.41, 5.74) is 4.29. The lowest BCUT2D eigenvalue weighted by Crippen LogP contribution is -2.00. The number of rotatable bonds is 6. The molecule has 0 N–H and O–H groups in total. The van der Waals surface area contributed by atoms with Gasteiger partial charge in [0.15, 0.2) is 17.5 Å². The predicted octanol–water partition coefficient (Wildman–Crippen LogP) is 13.7. The first-order valence-electron chi connectivity index (χ1n) is 23.3. The third kappa shape index (κ3) is 5.37. The Bertz CT molecular complexity index is 3850. The molecule has 0 fully saturated rings. The highest BCUT2D eigenvalue weighted by molar-refractivity contribution is 6.14. The molecule has 5 nitrogen and oxygen atoms in total. The van der Waals surface area contributed by atoms with Crippen molar-refractivity contribution in [3.8, 4) is 67.5 Å². The van der Waals surface area contributed by atoms with Gasteiger partial charge in [-0.3, -0.25) is 0 Å². The van der Waals surface area contributed by atoms with Gasteiger partial charge >= 0.3 is 0 Å². The van der Waals surface area contributed by atoms with Crippen molar-refractivity contribution >= 4 is 43.9 Å². The third-order valence-electron chi connectivity index (χ3n) is 9.78. The average molecular weight is 729 g/mol. The number of aromatic nitrogens is 3. The van der Waals surface area contributed by atoms with E-state index >= 15 is 0 Å². The van der Waals surface area contributed by atoms with E-state index < -0.39 is 72.0 Å². The lowest BCUT2D eigenvalue weighted by Gasteiger charge is -2.09. The number of furan rings is 2. The van der Waals surface area contributed by atoms with E-state index in [1.54, 1.807) is 0 Å². The molecule has 0 bridgehead atoms. The zero-order chi connectivity index (χ0) is 46.6. The highest BCUT2D eigenvalue weighted by Crippen LogP contribution is 2.41. The highest BCUT2D eigenvalue weighted by atomic mass is 16.3. The van der Waals surface area contributed by atoms with Crippen LogP contribution in [0.25, 0.3) is 111 Å². The molecule has 56 heavy (non-hydrogen) atoms. The summed E-state index contributed by atoms with van der Waals surface area (Å²) in [6.07, 6.45) is 0. The van der Waals surface area contributed by atoms with Crippen LogP contribution in [0, 0.1) is 0 Å². The van der Waals surface area contributed by atoms with E-state index in [1.165, 1.54) is 0 Å². The van der Waals surface area contributed by atoms with Crippen molar-refractivity contribution in [1.82, 2.24) is 15.0 Å². The van der Waals surface area contributed by atoms with Crippen LogP contribution in [0.15, 0.2) is 197 Å². The van der Waals surface area contributed by atoms with Crippen molar-refractivity contribution in [2.24, 2.45) is 0 Å². The zero-order valence-electron chi connectivity index (χ0n) is 40.2. The summed E-state index contributed by atoms with van der Waals surface area (Å²) in [6, 6.07) is 32.0. The summed E-state index contributed by atoms with van der Waals surface area (Å²) in [7, 11) is 0. The Balaban J connectivity index is 1.18. The summed E-state index contributed by atoms with van der Waals surface area (Å²) in [5, 5.41) is 1.23. The van der Waals surface area contributed by atoms with Crippen molar-refractivity contribution in [1.29, 1.82) is 0 Å². The van der Waals surface area contributed by atoms with Gasteiger partial charge in [-0.2, -0.15) is 0 Å². The largest absolute Gasteiger partial charge is 0.456 e. The maximum Gasteiger partial charge on any atom is 0.167 e. The van der Waals surface area contributed by atoms with Crippen LogP contribution < -0.4 is 0 Å². The summed E-state index contributed by atoms with van der Waals surface area (Å²) < 4.78 is 110. The fourth-order valence-corrected chi connectivity index (χ4v) is 7.14. The van der Waals surface area contributed by atoms with E-state index in [2.05, 4.69) is 0 Å².